The smallest absolute Gasteiger partial charge is 0.317 e. The first-order chi connectivity index (χ1) is 11.1. The second kappa shape index (κ2) is 6.98. The van der Waals surface area contributed by atoms with Crippen molar-refractivity contribution in [3.05, 3.63) is 30.1 Å². The first-order valence-corrected chi connectivity index (χ1v) is 8.25. The van der Waals surface area contributed by atoms with Gasteiger partial charge in [-0.3, -0.25) is 4.79 Å². The van der Waals surface area contributed by atoms with E-state index in [0.29, 0.717) is 12.2 Å². The first-order valence-electron chi connectivity index (χ1n) is 8.25. The van der Waals surface area contributed by atoms with E-state index in [2.05, 4.69) is 5.32 Å². The summed E-state index contributed by atoms with van der Waals surface area (Å²) in [4.78, 5) is 27.9. The highest BCUT2D eigenvalue weighted by atomic mass is 19.1. The Morgan fingerprint density at radius 1 is 1.09 bits per heavy atom. The number of hydrogen-bond acceptors (Lipinski definition) is 2. The van der Waals surface area contributed by atoms with Crippen molar-refractivity contribution >= 4 is 17.6 Å². The van der Waals surface area contributed by atoms with Crippen LogP contribution in [0.1, 0.15) is 32.1 Å². The summed E-state index contributed by atoms with van der Waals surface area (Å²) < 4.78 is 13.0. The minimum atomic E-state index is -0.327. The monoisotopic (exact) mass is 319 g/mol. The van der Waals surface area contributed by atoms with Crippen molar-refractivity contribution in [1.29, 1.82) is 0 Å². The summed E-state index contributed by atoms with van der Waals surface area (Å²) in [5, 5.41) is 2.97. The highest BCUT2D eigenvalue weighted by Gasteiger charge is 2.32. The number of rotatable bonds is 2. The van der Waals surface area contributed by atoms with Crippen LogP contribution < -0.4 is 10.2 Å². The lowest BCUT2D eigenvalue weighted by Gasteiger charge is -2.23. The SMILES string of the molecule is O=C(N[C@@H]1CC(=O)N(c2ccc(F)cc2)C1)N1CCCCCC1. The lowest BCUT2D eigenvalue weighted by molar-refractivity contribution is -0.117. The molecule has 0 spiro atoms. The van der Waals surface area contributed by atoms with E-state index in [9.17, 15) is 14.0 Å². The quantitative estimate of drug-likeness (QED) is 0.910. The number of benzene rings is 1. The van der Waals surface area contributed by atoms with Gasteiger partial charge in [0, 0.05) is 31.7 Å². The molecule has 6 heteroatoms. The third-order valence-electron chi connectivity index (χ3n) is 4.48. The van der Waals surface area contributed by atoms with E-state index in [1.165, 1.54) is 25.0 Å². The maximum absolute atomic E-state index is 13.0. The van der Waals surface area contributed by atoms with Crippen molar-refractivity contribution < 1.29 is 14.0 Å². The van der Waals surface area contributed by atoms with Crippen molar-refractivity contribution in [3.8, 4) is 0 Å². The molecule has 2 fully saturated rings. The molecule has 23 heavy (non-hydrogen) atoms. The third-order valence-corrected chi connectivity index (χ3v) is 4.48. The summed E-state index contributed by atoms with van der Waals surface area (Å²) in [5.74, 6) is -0.371. The van der Waals surface area contributed by atoms with E-state index in [1.54, 1.807) is 17.0 Å². The number of carbonyl (C=O) groups is 2. The summed E-state index contributed by atoms with van der Waals surface area (Å²) >= 11 is 0. The van der Waals surface area contributed by atoms with Crippen LogP contribution in [0, 0.1) is 5.82 Å². The summed E-state index contributed by atoms with van der Waals surface area (Å²) in [7, 11) is 0. The fraction of sp³-hybridized carbons (Fsp3) is 0.529. The number of anilines is 1. The van der Waals surface area contributed by atoms with E-state index in [4.69, 9.17) is 0 Å². The molecule has 1 atom stereocenters. The van der Waals surface area contributed by atoms with Crippen LogP contribution in [0.4, 0.5) is 14.9 Å². The molecular weight excluding hydrogens is 297 g/mol. The zero-order chi connectivity index (χ0) is 16.2. The largest absolute Gasteiger partial charge is 0.333 e. The zero-order valence-corrected chi connectivity index (χ0v) is 13.1. The fourth-order valence-corrected chi connectivity index (χ4v) is 3.21. The number of hydrogen-bond donors (Lipinski definition) is 1. The molecular formula is C17H22FN3O2. The number of amides is 3. The molecule has 0 unspecified atom stereocenters. The van der Waals surface area contributed by atoms with Gasteiger partial charge in [-0.25, -0.2) is 9.18 Å². The van der Waals surface area contributed by atoms with E-state index in [1.807, 2.05) is 4.90 Å². The van der Waals surface area contributed by atoms with Gasteiger partial charge in [0.15, 0.2) is 0 Å². The molecule has 3 amide bonds. The van der Waals surface area contributed by atoms with Gasteiger partial charge in [-0.05, 0) is 37.1 Å². The van der Waals surface area contributed by atoms with Crippen LogP contribution >= 0.6 is 0 Å². The van der Waals surface area contributed by atoms with Crippen LogP contribution in [-0.4, -0.2) is 42.5 Å². The summed E-state index contributed by atoms with van der Waals surface area (Å²) in [6, 6.07) is 5.59. The van der Waals surface area contributed by atoms with Gasteiger partial charge in [-0.15, -0.1) is 0 Å². The van der Waals surface area contributed by atoms with E-state index in [-0.39, 0.29) is 30.2 Å². The van der Waals surface area contributed by atoms with Gasteiger partial charge in [0.25, 0.3) is 0 Å². The van der Waals surface area contributed by atoms with Gasteiger partial charge in [0.05, 0.1) is 6.04 Å². The Labute approximate surface area is 135 Å². The maximum atomic E-state index is 13.0. The zero-order valence-electron chi connectivity index (χ0n) is 13.1. The minimum absolute atomic E-state index is 0.0437. The van der Waals surface area contributed by atoms with Crippen molar-refractivity contribution in [2.45, 2.75) is 38.1 Å². The normalized spacial score (nSPS) is 22.1. The molecule has 1 aromatic carbocycles. The molecule has 0 aromatic heterocycles. The molecule has 3 rings (SSSR count). The second-order valence-electron chi connectivity index (χ2n) is 6.23. The third kappa shape index (κ3) is 3.81. The highest BCUT2D eigenvalue weighted by molar-refractivity contribution is 5.96. The van der Waals surface area contributed by atoms with E-state index < -0.39 is 0 Å². The van der Waals surface area contributed by atoms with E-state index in [0.717, 1.165) is 25.9 Å². The number of carbonyl (C=O) groups excluding carboxylic acids is 2. The van der Waals surface area contributed by atoms with Gasteiger partial charge in [0.1, 0.15) is 5.82 Å². The van der Waals surface area contributed by atoms with Crippen LogP contribution in [0.15, 0.2) is 24.3 Å². The van der Waals surface area contributed by atoms with Gasteiger partial charge in [-0.2, -0.15) is 0 Å². The lowest BCUT2D eigenvalue weighted by atomic mass is 10.2. The summed E-state index contributed by atoms with van der Waals surface area (Å²) in [6.07, 6.45) is 4.71. The van der Waals surface area contributed by atoms with Gasteiger partial charge in [0.2, 0.25) is 5.91 Å². The molecule has 1 aromatic rings. The molecule has 0 bridgehead atoms. The van der Waals surface area contributed by atoms with Crippen LogP contribution in [-0.2, 0) is 4.79 Å². The molecule has 2 aliphatic heterocycles. The van der Waals surface area contributed by atoms with Gasteiger partial charge in [-0.1, -0.05) is 12.8 Å². The Bertz CT molecular complexity index is 568. The number of halogens is 1. The molecule has 124 valence electrons. The predicted molar refractivity (Wildman–Crippen MR) is 85.7 cm³/mol. The van der Waals surface area contributed by atoms with Gasteiger partial charge < -0.3 is 15.1 Å². The van der Waals surface area contributed by atoms with Crippen LogP contribution in [0.25, 0.3) is 0 Å². The molecule has 0 aliphatic carbocycles. The van der Waals surface area contributed by atoms with Crippen molar-refractivity contribution in [3.63, 3.8) is 0 Å². The Morgan fingerprint density at radius 3 is 2.39 bits per heavy atom. The van der Waals surface area contributed by atoms with Crippen LogP contribution in [0.3, 0.4) is 0 Å². The summed E-state index contributed by atoms with van der Waals surface area (Å²) in [6.45, 7) is 2.01. The fourth-order valence-electron chi connectivity index (χ4n) is 3.21. The standard InChI is InChI=1S/C17H22FN3O2/c18-13-5-7-15(8-6-13)21-12-14(11-16(21)22)19-17(23)20-9-3-1-2-4-10-20/h5-8,14H,1-4,9-12H2,(H,19,23)/t14-/m1/s1. The number of nitrogens with zero attached hydrogens (tertiary/aromatic N) is 2. The molecule has 5 nitrogen and oxygen atoms in total. The van der Waals surface area contributed by atoms with Gasteiger partial charge >= 0.3 is 6.03 Å². The average molecular weight is 319 g/mol. The Kier molecular flexibility index (Phi) is 4.79. The Morgan fingerprint density at radius 2 is 1.74 bits per heavy atom. The Hall–Kier alpha value is -2.11. The molecule has 0 radical (unpaired) electrons. The molecule has 0 saturated carbocycles. The summed E-state index contributed by atoms with van der Waals surface area (Å²) in [5.41, 5.74) is 0.669. The molecule has 2 heterocycles. The predicted octanol–water partition coefficient (Wildman–Crippen LogP) is 2.52. The van der Waals surface area contributed by atoms with Crippen LogP contribution in [0.2, 0.25) is 0 Å². The average Bonchev–Trinajstić information content (AvgIpc) is 2.76. The number of urea groups is 1. The van der Waals surface area contributed by atoms with Crippen molar-refractivity contribution in [2.24, 2.45) is 0 Å². The Balaban J connectivity index is 1.58. The topological polar surface area (TPSA) is 52.7 Å². The minimum Gasteiger partial charge on any atom is -0.333 e. The van der Waals surface area contributed by atoms with Crippen molar-refractivity contribution in [1.82, 2.24) is 10.2 Å². The maximum Gasteiger partial charge on any atom is 0.317 e. The first kappa shape index (κ1) is 15.8. The number of nitrogens with one attached hydrogen (secondary N) is 1. The molecule has 2 aliphatic rings. The van der Waals surface area contributed by atoms with E-state index >= 15 is 0 Å². The van der Waals surface area contributed by atoms with Crippen molar-refractivity contribution in [2.75, 3.05) is 24.5 Å². The van der Waals surface area contributed by atoms with Crippen LogP contribution in [0.5, 0.6) is 0 Å². The second-order valence-corrected chi connectivity index (χ2v) is 6.23. The lowest BCUT2D eigenvalue weighted by Crippen LogP contribution is -2.46. The number of likely N-dealkylation sites (tertiary alicyclic amines) is 1. The molecule has 2 saturated heterocycles. The highest BCUT2D eigenvalue weighted by Crippen LogP contribution is 2.22. The molecule has 1 N–H and O–H groups in total.